The van der Waals surface area contributed by atoms with E-state index in [0.717, 1.165) is 116 Å². The van der Waals surface area contributed by atoms with Crippen LogP contribution in [0.2, 0.25) is 0 Å². The van der Waals surface area contributed by atoms with Gasteiger partial charge in [-0.3, -0.25) is 9.59 Å². The van der Waals surface area contributed by atoms with Crippen molar-refractivity contribution >= 4 is 72.8 Å². The zero-order chi connectivity index (χ0) is 46.9. The molecule has 4 atom stereocenters. The van der Waals surface area contributed by atoms with Crippen LogP contribution in [0.5, 0.6) is 0 Å². The summed E-state index contributed by atoms with van der Waals surface area (Å²) in [6.45, 7) is 8.67. The monoisotopic (exact) mass is 1030 g/mol. The second kappa shape index (κ2) is 44.3. The Balaban J connectivity index is 0.00000124. The summed E-state index contributed by atoms with van der Waals surface area (Å²) < 4.78 is 23.6. The van der Waals surface area contributed by atoms with Gasteiger partial charge in [-0.05, 0) is 114 Å². The smallest absolute Gasteiger partial charge is 0.550 e. The van der Waals surface area contributed by atoms with Crippen LogP contribution >= 0.6 is 0 Å². The van der Waals surface area contributed by atoms with E-state index in [4.69, 9.17) is 18.9 Å². The van der Waals surface area contributed by atoms with Gasteiger partial charge in [0.25, 0.3) is 0 Å². The van der Waals surface area contributed by atoms with Crippen LogP contribution in [0.15, 0.2) is 60.7 Å². The number of carboxylic acids is 2. The molecule has 0 saturated carbocycles. The predicted octanol–water partition coefficient (Wildman–Crippen LogP) is 11.1. The number of esters is 2. The van der Waals surface area contributed by atoms with Gasteiger partial charge in [-0.15, -0.1) is 0 Å². The van der Waals surface area contributed by atoms with Crippen LogP contribution in [0, 0.1) is 0 Å². The van der Waals surface area contributed by atoms with Crippen LogP contribution in [0.4, 0.5) is 0 Å². The van der Waals surface area contributed by atoms with E-state index in [-0.39, 0.29) is 98.1 Å². The molecule has 0 aromatic heterocycles. The topological polar surface area (TPSA) is 151 Å². The molecular weight excluding hydrogens is 946 g/mol. The van der Waals surface area contributed by atoms with Crippen LogP contribution in [-0.4, -0.2) is 97.2 Å². The Morgan fingerprint density at radius 2 is 0.708 bits per heavy atom. The number of hydrogen-bond donors (Lipinski definition) is 0. The van der Waals surface area contributed by atoms with E-state index in [2.05, 4.69) is 38.1 Å². The molecule has 2 aromatic rings. The quantitative estimate of drug-likeness (QED) is 0.0358. The molecule has 10 nitrogen and oxygen atoms in total. The van der Waals surface area contributed by atoms with Crippen molar-refractivity contribution in [1.82, 2.24) is 0 Å². The second-order valence-electron chi connectivity index (χ2n) is 17.5. The van der Waals surface area contributed by atoms with Crippen molar-refractivity contribution in [1.29, 1.82) is 0 Å². The van der Waals surface area contributed by atoms with E-state index in [1.54, 1.807) is 0 Å². The summed E-state index contributed by atoms with van der Waals surface area (Å²) in [5.74, 6) is -2.38. The van der Waals surface area contributed by atoms with Gasteiger partial charge in [-0.2, -0.15) is 0 Å². The average Bonchev–Trinajstić information content (AvgIpc) is 3.26. The average molecular weight is 1030 g/mol. The Morgan fingerprint density at radius 3 is 1.05 bits per heavy atom. The first-order chi connectivity index (χ1) is 31.0. The molecule has 0 aliphatic carbocycles. The first-order valence-electron chi connectivity index (χ1n) is 25.1. The summed E-state index contributed by atoms with van der Waals surface area (Å²) in [6, 6.07) is 20.6. The number of hydrogen-bond acceptors (Lipinski definition) is 10. The van der Waals surface area contributed by atoms with Crippen molar-refractivity contribution in [2.45, 2.75) is 245 Å². The van der Waals surface area contributed by atoms with Gasteiger partial charge in [0, 0.05) is 25.8 Å². The molecule has 0 heterocycles. The minimum Gasteiger partial charge on any atom is -0.550 e. The minimum absolute atomic E-state index is 0. The van der Waals surface area contributed by atoms with E-state index in [1.807, 2.05) is 36.4 Å². The van der Waals surface area contributed by atoms with Gasteiger partial charge in [0.2, 0.25) is 0 Å². The number of ether oxygens (including phenoxy) is 4. The van der Waals surface area contributed by atoms with E-state index in [9.17, 15) is 29.4 Å². The first-order valence-corrected chi connectivity index (χ1v) is 25.1. The summed E-state index contributed by atoms with van der Waals surface area (Å²) in [6.07, 6.45) is 26.7. The van der Waals surface area contributed by atoms with Gasteiger partial charge in [-0.1, -0.05) is 152 Å². The van der Waals surface area contributed by atoms with Gasteiger partial charge >= 0.3 is 60.8 Å². The molecule has 364 valence electrons. The van der Waals surface area contributed by atoms with Gasteiger partial charge < -0.3 is 38.7 Å². The number of carbonyl (C=O) groups excluding carboxylic acids is 4. The fraction of sp³-hybridized carbons (Fsp3) is 0.704. The van der Waals surface area contributed by atoms with Crippen molar-refractivity contribution in [2.75, 3.05) is 0 Å². The fourth-order valence-electron chi connectivity index (χ4n) is 7.93. The van der Waals surface area contributed by atoms with Crippen LogP contribution in [0.1, 0.15) is 219 Å². The fourth-order valence-corrected chi connectivity index (χ4v) is 7.93. The van der Waals surface area contributed by atoms with E-state index < -0.39 is 11.9 Å². The summed E-state index contributed by atoms with van der Waals surface area (Å²) in [7, 11) is 0. The van der Waals surface area contributed by atoms with E-state index in [0.29, 0.717) is 26.1 Å². The third-order valence-electron chi connectivity index (χ3n) is 11.5. The molecule has 0 amide bonds. The molecule has 65 heavy (non-hydrogen) atoms. The van der Waals surface area contributed by atoms with Crippen molar-refractivity contribution in [3.8, 4) is 0 Å². The molecule has 0 aliphatic heterocycles. The van der Waals surface area contributed by atoms with Gasteiger partial charge in [0.1, 0.15) is 12.2 Å². The molecular formula is C54H86BaO10. The Bertz CT molecular complexity index is 1320. The summed E-state index contributed by atoms with van der Waals surface area (Å²) in [5.41, 5.74) is 2.40. The summed E-state index contributed by atoms with van der Waals surface area (Å²) in [4.78, 5) is 43.9. The Kier molecular flexibility index (Phi) is 42.8. The summed E-state index contributed by atoms with van der Waals surface area (Å²) in [5, 5.41) is 20.9. The Hall–Kier alpha value is -2.19. The summed E-state index contributed by atoms with van der Waals surface area (Å²) >= 11 is 0. The van der Waals surface area contributed by atoms with E-state index in [1.165, 1.54) is 63.5 Å². The molecule has 11 heteroatoms. The molecule has 0 spiro atoms. The third-order valence-corrected chi connectivity index (χ3v) is 11.5. The van der Waals surface area contributed by atoms with Crippen molar-refractivity contribution in [2.24, 2.45) is 0 Å². The number of carbonyl (C=O) groups is 4. The largest absolute Gasteiger partial charge is 2.00 e. The van der Waals surface area contributed by atoms with Crippen molar-refractivity contribution in [3.05, 3.63) is 71.8 Å². The first kappa shape index (κ1) is 62.8. The zero-order valence-corrected chi connectivity index (χ0v) is 45.5. The van der Waals surface area contributed by atoms with E-state index >= 15 is 0 Å². The second-order valence-corrected chi connectivity index (χ2v) is 17.5. The van der Waals surface area contributed by atoms with Gasteiger partial charge in [0.05, 0.1) is 25.4 Å². The van der Waals surface area contributed by atoms with Crippen LogP contribution < -0.4 is 10.2 Å². The standard InChI is InChI=1S/2C27H44O5.Ba/c2*1-3-4-9-17-25(31-22-24-15-10-8-11-16-24)19-14-20-26(32-23(2)28)18-12-6-5-7-13-21-27(29)30;/h2*8,10-11,15-16,25-26H,3-7,9,12-14,17-22H2,1-2H3,(H,29,30);/q;;+2/p-2. The van der Waals surface area contributed by atoms with Gasteiger partial charge in [0.15, 0.2) is 0 Å². The SMILES string of the molecule is CCCCCC(CCCC(CCCCCCCC(=O)[O-])OC(C)=O)OCc1ccccc1.CCCCCC(CCCC(CCCCCCCC(=O)[O-])OC(C)=O)OCc1ccccc1.[Ba+2]. The third kappa shape index (κ3) is 40.6. The number of unbranched alkanes of at least 4 members (excludes halogenated alkanes) is 12. The maximum atomic E-state index is 11.5. The molecule has 0 bridgehead atoms. The van der Waals surface area contributed by atoms with Crippen LogP contribution in [-0.2, 0) is 51.3 Å². The van der Waals surface area contributed by atoms with Gasteiger partial charge in [-0.25, -0.2) is 0 Å². The number of aliphatic carboxylic acids is 2. The Labute approximate surface area is 434 Å². The number of benzene rings is 2. The number of rotatable bonds is 40. The molecule has 0 N–H and O–H groups in total. The molecule has 2 aromatic carbocycles. The van der Waals surface area contributed by atoms with Crippen LogP contribution in [0.3, 0.4) is 0 Å². The van der Waals surface area contributed by atoms with Crippen LogP contribution in [0.25, 0.3) is 0 Å². The molecule has 0 aliphatic rings. The maximum absolute atomic E-state index is 11.5. The molecule has 0 radical (unpaired) electrons. The Morgan fingerprint density at radius 1 is 0.415 bits per heavy atom. The number of carboxylic acid groups (broad SMARTS) is 2. The molecule has 4 unspecified atom stereocenters. The zero-order valence-electron chi connectivity index (χ0n) is 41.1. The van der Waals surface area contributed by atoms with Crippen molar-refractivity contribution < 1.29 is 48.3 Å². The maximum Gasteiger partial charge on any atom is 2.00 e. The minimum atomic E-state index is -0.972. The predicted molar refractivity (Wildman–Crippen MR) is 258 cm³/mol. The molecule has 2 rings (SSSR count). The molecule has 0 saturated heterocycles. The normalized spacial score (nSPS) is 12.7. The molecule has 0 fully saturated rings. The van der Waals surface area contributed by atoms with Crippen molar-refractivity contribution in [3.63, 3.8) is 0 Å².